The lowest BCUT2D eigenvalue weighted by atomic mass is 10.0. The quantitative estimate of drug-likeness (QED) is 0.232. The Kier molecular flexibility index (Phi) is 7.27. The predicted octanol–water partition coefficient (Wildman–Crippen LogP) is 2.93. The van der Waals surface area contributed by atoms with Crippen molar-refractivity contribution in [2.75, 3.05) is 25.1 Å². The molecule has 0 bridgehead atoms. The number of amidine groups is 1. The second kappa shape index (κ2) is 10.1. The van der Waals surface area contributed by atoms with Crippen molar-refractivity contribution in [3.05, 3.63) is 53.3 Å². The van der Waals surface area contributed by atoms with E-state index >= 15 is 4.39 Å². The van der Waals surface area contributed by atoms with Crippen LogP contribution >= 0.6 is 0 Å². The maximum Gasteiger partial charge on any atom is 0.330 e. The van der Waals surface area contributed by atoms with Crippen LogP contribution in [0, 0.1) is 11.2 Å². The van der Waals surface area contributed by atoms with Crippen LogP contribution in [0.1, 0.15) is 30.5 Å². The molecule has 2 atom stereocenters. The van der Waals surface area contributed by atoms with E-state index in [9.17, 15) is 9.90 Å². The van der Waals surface area contributed by atoms with Crippen molar-refractivity contribution in [3.63, 3.8) is 0 Å². The highest BCUT2D eigenvalue weighted by Crippen LogP contribution is 2.34. The number of carboxylic acids is 1. The van der Waals surface area contributed by atoms with Gasteiger partial charge in [-0.3, -0.25) is 16.1 Å². The Morgan fingerprint density at radius 1 is 1.35 bits per heavy atom. The molecule has 0 radical (unpaired) electrons. The number of benzene rings is 2. The molecule has 166 valence electrons. The average molecular weight is 433 g/mol. The van der Waals surface area contributed by atoms with E-state index in [0.717, 1.165) is 0 Å². The average Bonchev–Trinajstić information content (AvgIpc) is 3.27. The van der Waals surface area contributed by atoms with Gasteiger partial charge in [0.25, 0.3) is 0 Å². The third kappa shape index (κ3) is 5.41. The number of carbonyl (C=O) groups is 1. The van der Waals surface area contributed by atoms with Gasteiger partial charge in [0.15, 0.2) is 17.6 Å². The molecule has 1 fully saturated rings. The second-order valence-electron chi connectivity index (χ2n) is 6.84. The lowest BCUT2D eigenvalue weighted by molar-refractivity contribution is -0.138. The molecule has 1 aliphatic heterocycles. The molecule has 31 heavy (non-hydrogen) atoms. The molecule has 2 aromatic rings. The van der Waals surface area contributed by atoms with Crippen molar-refractivity contribution in [1.29, 1.82) is 5.41 Å². The molecule has 0 aromatic heterocycles. The number of aliphatic carboxylic acids is 1. The zero-order valence-electron chi connectivity index (χ0n) is 16.9. The molecule has 3 rings (SSSR count). The Morgan fingerprint density at radius 3 is 2.68 bits per heavy atom. The lowest BCUT2D eigenvalue weighted by Crippen LogP contribution is -2.23. The predicted molar refractivity (Wildman–Crippen MR) is 110 cm³/mol. The molecule has 0 amide bonds. The Balaban J connectivity index is 1.92. The summed E-state index contributed by atoms with van der Waals surface area (Å²) in [6.07, 6.45) is 0.289. The highest BCUT2D eigenvalue weighted by molar-refractivity contribution is 5.95. The third-order valence-electron chi connectivity index (χ3n) is 4.69. The standard InChI is InChI=1S/C21H24FN3O6/c1-2-30-15-9-16(18(22)17(10-15)31-14-7-8-29-11-14)19(21(26)27)24-13-5-3-12(4-6-13)20(23)25-28/h3-6,9-10,14,19,24,28H,2,7-8,11H2,1H3,(H2,23,25)(H,26,27)/t14-,19-/m1/s1. The first kappa shape index (κ1) is 22.3. The summed E-state index contributed by atoms with van der Waals surface area (Å²) in [5.41, 5.74) is 2.36. The molecule has 1 heterocycles. The van der Waals surface area contributed by atoms with Gasteiger partial charge in [-0.25, -0.2) is 9.18 Å². The fourth-order valence-electron chi connectivity index (χ4n) is 3.16. The van der Waals surface area contributed by atoms with Gasteiger partial charge in [-0.05, 0) is 37.3 Å². The minimum Gasteiger partial charge on any atom is -0.494 e. The van der Waals surface area contributed by atoms with Crippen molar-refractivity contribution >= 4 is 17.5 Å². The third-order valence-corrected chi connectivity index (χ3v) is 4.69. The molecular formula is C21H24FN3O6. The Labute approximate surface area is 178 Å². The van der Waals surface area contributed by atoms with Gasteiger partial charge in [0, 0.05) is 29.3 Å². The van der Waals surface area contributed by atoms with Gasteiger partial charge >= 0.3 is 5.97 Å². The van der Waals surface area contributed by atoms with Gasteiger partial charge in [-0.15, -0.1) is 0 Å². The number of anilines is 1. The summed E-state index contributed by atoms with van der Waals surface area (Å²) < 4.78 is 31.7. The Bertz CT molecular complexity index is 931. The topological polar surface area (TPSA) is 133 Å². The zero-order valence-corrected chi connectivity index (χ0v) is 16.9. The number of rotatable bonds is 9. The van der Waals surface area contributed by atoms with Gasteiger partial charge in [-0.2, -0.15) is 0 Å². The summed E-state index contributed by atoms with van der Waals surface area (Å²) in [6, 6.07) is 7.38. The van der Waals surface area contributed by atoms with E-state index in [4.69, 9.17) is 24.8 Å². The van der Waals surface area contributed by atoms with E-state index in [-0.39, 0.29) is 23.3 Å². The number of ether oxygens (including phenoxy) is 3. The van der Waals surface area contributed by atoms with E-state index < -0.39 is 17.8 Å². The first-order chi connectivity index (χ1) is 14.9. The molecule has 10 heteroatoms. The summed E-state index contributed by atoms with van der Waals surface area (Å²) in [5.74, 6) is -2.11. The number of hydroxylamine groups is 1. The molecule has 0 unspecified atom stereocenters. The van der Waals surface area contributed by atoms with Crippen LogP contribution in [-0.4, -0.2) is 48.0 Å². The van der Waals surface area contributed by atoms with Crippen LogP contribution < -0.4 is 20.3 Å². The van der Waals surface area contributed by atoms with Crippen molar-refractivity contribution in [1.82, 2.24) is 5.48 Å². The van der Waals surface area contributed by atoms with E-state index in [2.05, 4.69) is 5.32 Å². The van der Waals surface area contributed by atoms with Crippen LogP contribution in [0.4, 0.5) is 10.1 Å². The molecule has 5 N–H and O–H groups in total. The minimum absolute atomic E-state index is 0.0951. The molecule has 1 saturated heterocycles. The van der Waals surface area contributed by atoms with Crippen LogP contribution in [0.25, 0.3) is 0 Å². The number of carboxylic acid groups (broad SMARTS) is 1. The fourth-order valence-corrected chi connectivity index (χ4v) is 3.16. The maximum atomic E-state index is 15.3. The minimum atomic E-state index is -1.43. The Morgan fingerprint density at radius 2 is 2.10 bits per heavy atom. The van der Waals surface area contributed by atoms with E-state index in [0.29, 0.717) is 43.2 Å². The lowest BCUT2D eigenvalue weighted by Gasteiger charge is -2.21. The highest BCUT2D eigenvalue weighted by atomic mass is 19.1. The second-order valence-corrected chi connectivity index (χ2v) is 6.84. The number of hydrogen-bond donors (Lipinski definition) is 5. The van der Waals surface area contributed by atoms with Crippen molar-refractivity contribution in [2.24, 2.45) is 0 Å². The number of nitrogens with one attached hydrogen (secondary N) is 3. The summed E-state index contributed by atoms with van der Waals surface area (Å²) in [6.45, 7) is 2.93. The monoisotopic (exact) mass is 433 g/mol. The largest absolute Gasteiger partial charge is 0.494 e. The Hall–Kier alpha value is -3.37. The van der Waals surface area contributed by atoms with Crippen LogP contribution in [0.15, 0.2) is 36.4 Å². The van der Waals surface area contributed by atoms with Gasteiger partial charge < -0.3 is 24.6 Å². The van der Waals surface area contributed by atoms with E-state index in [1.165, 1.54) is 36.4 Å². The van der Waals surface area contributed by atoms with Crippen LogP contribution in [0.3, 0.4) is 0 Å². The maximum absolute atomic E-state index is 15.3. The molecule has 0 aliphatic carbocycles. The first-order valence-electron chi connectivity index (χ1n) is 9.72. The van der Waals surface area contributed by atoms with Gasteiger partial charge in [0.05, 0.1) is 19.8 Å². The molecule has 9 nitrogen and oxygen atoms in total. The number of hydrogen-bond acceptors (Lipinski definition) is 7. The normalized spacial score (nSPS) is 16.4. The smallest absolute Gasteiger partial charge is 0.330 e. The highest BCUT2D eigenvalue weighted by Gasteiger charge is 2.28. The molecule has 0 spiro atoms. The van der Waals surface area contributed by atoms with Crippen LogP contribution in [-0.2, 0) is 9.53 Å². The van der Waals surface area contributed by atoms with Gasteiger partial charge in [-0.1, -0.05) is 0 Å². The van der Waals surface area contributed by atoms with Crippen molar-refractivity contribution in [3.8, 4) is 11.5 Å². The number of halogens is 1. The van der Waals surface area contributed by atoms with Gasteiger partial charge in [0.1, 0.15) is 17.7 Å². The fraction of sp³-hybridized carbons (Fsp3) is 0.333. The van der Waals surface area contributed by atoms with Crippen molar-refractivity contribution in [2.45, 2.75) is 25.5 Å². The first-order valence-corrected chi connectivity index (χ1v) is 9.72. The van der Waals surface area contributed by atoms with Gasteiger partial charge in [0.2, 0.25) is 0 Å². The van der Waals surface area contributed by atoms with E-state index in [1.807, 2.05) is 0 Å². The molecule has 2 aromatic carbocycles. The van der Waals surface area contributed by atoms with Crippen LogP contribution in [0.2, 0.25) is 0 Å². The SMILES string of the molecule is CCOc1cc(O[C@@H]2CCOC2)c(F)c([C@@H](Nc2ccc(C(=N)NO)cc2)C(=O)O)c1. The summed E-state index contributed by atoms with van der Waals surface area (Å²) in [4.78, 5) is 12.0. The summed E-state index contributed by atoms with van der Waals surface area (Å²) in [7, 11) is 0. The molecular weight excluding hydrogens is 409 g/mol. The zero-order chi connectivity index (χ0) is 22.4. The van der Waals surface area contributed by atoms with Crippen LogP contribution in [0.5, 0.6) is 11.5 Å². The molecule has 1 aliphatic rings. The van der Waals surface area contributed by atoms with E-state index in [1.54, 1.807) is 12.4 Å². The molecule has 0 saturated carbocycles. The summed E-state index contributed by atoms with van der Waals surface area (Å²) in [5, 5.41) is 28.9. The summed E-state index contributed by atoms with van der Waals surface area (Å²) >= 11 is 0. The van der Waals surface area contributed by atoms with Crippen molar-refractivity contribution < 1.29 is 33.7 Å².